The topological polar surface area (TPSA) is 53.0 Å². The van der Waals surface area contributed by atoms with Crippen molar-refractivity contribution < 1.29 is 0 Å². The van der Waals surface area contributed by atoms with Crippen LogP contribution < -0.4 is 10.6 Å². The molecule has 0 aliphatic carbocycles. The van der Waals surface area contributed by atoms with E-state index in [9.17, 15) is 0 Å². The van der Waals surface area contributed by atoms with Gasteiger partial charge in [0.2, 0.25) is 0 Å². The van der Waals surface area contributed by atoms with E-state index in [1.165, 1.54) is 0 Å². The first-order valence-corrected chi connectivity index (χ1v) is 4.61. The molecule has 3 heteroatoms. The smallest absolute Gasteiger partial charge is 0.0991 e. The summed E-state index contributed by atoms with van der Waals surface area (Å²) in [5.74, 6) is 0. The maximum atomic E-state index is 8.71. The summed E-state index contributed by atoms with van der Waals surface area (Å²) in [5, 5.41) is 8.71. The highest BCUT2D eigenvalue weighted by atomic mass is 15.1. The molecule has 0 radical (unpaired) electrons. The summed E-state index contributed by atoms with van der Waals surface area (Å²) in [6.07, 6.45) is 0. The number of rotatable bonds is 3. The largest absolute Gasteiger partial charge is 0.373 e. The molecule has 0 atom stereocenters. The number of likely N-dealkylation sites (N-methyl/N-ethyl adjacent to an activating group) is 1. The molecule has 14 heavy (non-hydrogen) atoms. The van der Waals surface area contributed by atoms with Crippen LogP contribution in [-0.2, 0) is 0 Å². The minimum atomic E-state index is 0.635. The zero-order valence-electron chi connectivity index (χ0n) is 8.62. The Bertz CT molecular complexity index is 352. The van der Waals surface area contributed by atoms with Gasteiger partial charge in [0, 0.05) is 25.8 Å². The molecule has 0 fully saturated rings. The van der Waals surface area contributed by atoms with Gasteiger partial charge in [0.05, 0.1) is 11.6 Å². The number of anilines is 1. The normalized spacial score (nSPS) is 9.57. The van der Waals surface area contributed by atoms with Crippen LogP contribution in [0, 0.1) is 18.3 Å². The standard InChI is InChI=1S/C11H15N3/c1-9-7-10(8-13)3-4-11(9)14(2)6-5-12/h3-4,7H,5-6,12H2,1-2H3. The number of hydrogen-bond donors (Lipinski definition) is 1. The molecule has 0 heterocycles. The predicted octanol–water partition coefficient (Wildman–Crippen LogP) is 1.26. The third kappa shape index (κ3) is 2.24. The molecule has 1 aromatic rings. The average molecular weight is 189 g/mol. The van der Waals surface area contributed by atoms with E-state index >= 15 is 0 Å². The van der Waals surface area contributed by atoms with Crippen molar-refractivity contribution in [1.82, 2.24) is 0 Å². The molecule has 0 saturated carbocycles. The summed E-state index contributed by atoms with van der Waals surface area (Å²) in [6.45, 7) is 3.46. The second kappa shape index (κ2) is 4.64. The van der Waals surface area contributed by atoms with Crippen molar-refractivity contribution in [2.24, 2.45) is 5.73 Å². The lowest BCUT2D eigenvalue weighted by molar-refractivity contribution is 0.882. The van der Waals surface area contributed by atoms with E-state index in [4.69, 9.17) is 11.0 Å². The Labute approximate surface area is 84.7 Å². The molecule has 1 aromatic carbocycles. The van der Waals surface area contributed by atoms with Gasteiger partial charge in [-0.1, -0.05) is 0 Å². The minimum absolute atomic E-state index is 0.635. The summed E-state index contributed by atoms with van der Waals surface area (Å²) >= 11 is 0. The Balaban J connectivity index is 2.95. The molecular weight excluding hydrogens is 174 g/mol. The van der Waals surface area contributed by atoms with Crippen LogP contribution in [0.4, 0.5) is 5.69 Å². The molecule has 0 saturated heterocycles. The fraction of sp³-hybridized carbons (Fsp3) is 0.364. The second-order valence-corrected chi connectivity index (χ2v) is 3.32. The van der Waals surface area contributed by atoms with Crippen LogP contribution in [0.3, 0.4) is 0 Å². The molecule has 0 unspecified atom stereocenters. The third-order valence-corrected chi connectivity index (χ3v) is 2.20. The lowest BCUT2D eigenvalue weighted by Gasteiger charge is -2.20. The van der Waals surface area contributed by atoms with Crippen molar-refractivity contribution in [2.75, 3.05) is 25.0 Å². The molecule has 2 N–H and O–H groups in total. The Morgan fingerprint density at radius 1 is 1.50 bits per heavy atom. The van der Waals surface area contributed by atoms with Crippen molar-refractivity contribution in [3.8, 4) is 6.07 Å². The first-order valence-electron chi connectivity index (χ1n) is 4.61. The van der Waals surface area contributed by atoms with Crippen molar-refractivity contribution in [2.45, 2.75) is 6.92 Å². The average Bonchev–Trinajstić information content (AvgIpc) is 2.17. The van der Waals surface area contributed by atoms with Crippen LogP contribution in [0.5, 0.6) is 0 Å². The van der Waals surface area contributed by atoms with E-state index in [1.54, 1.807) is 0 Å². The fourth-order valence-corrected chi connectivity index (χ4v) is 1.47. The first kappa shape index (κ1) is 10.6. The van der Waals surface area contributed by atoms with Crippen molar-refractivity contribution >= 4 is 5.69 Å². The Hall–Kier alpha value is -1.53. The lowest BCUT2D eigenvalue weighted by atomic mass is 10.1. The van der Waals surface area contributed by atoms with Crippen molar-refractivity contribution in [3.63, 3.8) is 0 Å². The SMILES string of the molecule is Cc1cc(C#N)ccc1N(C)CCN. The number of nitriles is 1. The van der Waals surface area contributed by atoms with Crippen LogP contribution in [0.25, 0.3) is 0 Å². The Morgan fingerprint density at radius 3 is 2.71 bits per heavy atom. The lowest BCUT2D eigenvalue weighted by Crippen LogP contribution is -2.25. The maximum absolute atomic E-state index is 8.71. The van der Waals surface area contributed by atoms with Crippen LogP contribution in [0.1, 0.15) is 11.1 Å². The van der Waals surface area contributed by atoms with Gasteiger partial charge >= 0.3 is 0 Å². The monoisotopic (exact) mass is 189 g/mol. The van der Waals surface area contributed by atoms with Gasteiger partial charge in [0.1, 0.15) is 0 Å². The molecule has 0 aliphatic heterocycles. The molecular formula is C11H15N3. The first-order chi connectivity index (χ1) is 6.69. The van der Waals surface area contributed by atoms with Crippen LogP contribution in [0.2, 0.25) is 0 Å². The van der Waals surface area contributed by atoms with Gasteiger partial charge in [-0.05, 0) is 30.7 Å². The zero-order chi connectivity index (χ0) is 10.6. The Kier molecular flexibility index (Phi) is 3.49. The number of nitrogens with zero attached hydrogens (tertiary/aromatic N) is 2. The van der Waals surface area contributed by atoms with E-state index < -0.39 is 0 Å². The summed E-state index contributed by atoms with van der Waals surface area (Å²) < 4.78 is 0. The zero-order valence-corrected chi connectivity index (χ0v) is 8.62. The highest BCUT2D eigenvalue weighted by Crippen LogP contribution is 2.19. The fourth-order valence-electron chi connectivity index (χ4n) is 1.47. The van der Waals surface area contributed by atoms with Crippen molar-refractivity contribution in [1.29, 1.82) is 5.26 Å². The molecule has 0 aliphatic rings. The van der Waals surface area contributed by atoms with Crippen LogP contribution >= 0.6 is 0 Å². The van der Waals surface area contributed by atoms with Gasteiger partial charge in [0.15, 0.2) is 0 Å². The van der Waals surface area contributed by atoms with Gasteiger partial charge in [-0.15, -0.1) is 0 Å². The quantitative estimate of drug-likeness (QED) is 0.778. The molecule has 74 valence electrons. The molecule has 0 spiro atoms. The molecule has 0 bridgehead atoms. The number of benzene rings is 1. The van der Waals surface area contributed by atoms with E-state index in [1.807, 2.05) is 32.2 Å². The summed E-state index contributed by atoms with van der Waals surface area (Å²) in [7, 11) is 2.00. The summed E-state index contributed by atoms with van der Waals surface area (Å²) in [5.41, 5.74) is 8.43. The van der Waals surface area contributed by atoms with Gasteiger partial charge < -0.3 is 10.6 Å². The van der Waals surface area contributed by atoms with Crippen LogP contribution in [-0.4, -0.2) is 20.1 Å². The maximum Gasteiger partial charge on any atom is 0.0991 e. The number of aryl methyl sites for hydroxylation is 1. The predicted molar refractivity (Wildman–Crippen MR) is 58.2 cm³/mol. The van der Waals surface area contributed by atoms with Gasteiger partial charge in [-0.2, -0.15) is 5.26 Å². The van der Waals surface area contributed by atoms with E-state index in [0.29, 0.717) is 12.1 Å². The highest BCUT2D eigenvalue weighted by Gasteiger charge is 2.03. The van der Waals surface area contributed by atoms with Gasteiger partial charge in [-0.3, -0.25) is 0 Å². The van der Waals surface area contributed by atoms with Gasteiger partial charge in [-0.25, -0.2) is 0 Å². The van der Waals surface area contributed by atoms with Crippen molar-refractivity contribution in [3.05, 3.63) is 29.3 Å². The third-order valence-electron chi connectivity index (χ3n) is 2.20. The van der Waals surface area contributed by atoms with Crippen LogP contribution in [0.15, 0.2) is 18.2 Å². The number of hydrogen-bond acceptors (Lipinski definition) is 3. The second-order valence-electron chi connectivity index (χ2n) is 3.32. The summed E-state index contributed by atoms with van der Waals surface area (Å²) in [4.78, 5) is 2.09. The highest BCUT2D eigenvalue weighted by molar-refractivity contribution is 5.55. The molecule has 0 amide bonds. The van der Waals surface area contributed by atoms with E-state index in [0.717, 1.165) is 17.8 Å². The number of nitrogens with two attached hydrogens (primary N) is 1. The Morgan fingerprint density at radius 2 is 2.21 bits per heavy atom. The van der Waals surface area contributed by atoms with E-state index in [2.05, 4.69) is 11.0 Å². The molecule has 0 aromatic heterocycles. The van der Waals surface area contributed by atoms with E-state index in [-0.39, 0.29) is 0 Å². The molecule has 3 nitrogen and oxygen atoms in total. The van der Waals surface area contributed by atoms with Gasteiger partial charge in [0.25, 0.3) is 0 Å². The summed E-state index contributed by atoms with van der Waals surface area (Å²) in [6, 6.07) is 7.80. The molecule has 1 rings (SSSR count). The minimum Gasteiger partial charge on any atom is -0.373 e.